The van der Waals surface area contributed by atoms with E-state index in [0.717, 1.165) is 28.8 Å². The average molecular weight is 281 g/mol. The van der Waals surface area contributed by atoms with Gasteiger partial charge in [0, 0.05) is 5.56 Å². The molecule has 0 amide bonds. The van der Waals surface area contributed by atoms with E-state index in [0.29, 0.717) is 0 Å². The highest BCUT2D eigenvalue weighted by Crippen LogP contribution is 2.30. The number of hydrogen-bond donors (Lipinski definition) is 0. The van der Waals surface area contributed by atoms with Crippen molar-refractivity contribution in [1.29, 1.82) is 0 Å². The lowest BCUT2D eigenvalue weighted by atomic mass is 10.3. The second kappa shape index (κ2) is 3.70. The molecule has 0 N–H and O–H groups in total. The van der Waals surface area contributed by atoms with Gasteiger partial charge in [-0.2, -0.15) is 5.10 Å². The Morgan fingerprint density at radius 2 is 2.19 bits per heavy atom. The van der Waals surface area contributed by atoms with Gasteiger partial charge < -0.3 is 0 Å². The predicted molar refractivity (Wildman–Crippen MR) is 63.2 cm³/mol. The van der Waals surface area contributed by atoms with Crippen molar-refractivity contribution in [2.75, 3.05) is 0 Å². The Hall–Kier alpha value is -1.16. The zero-order chi connectivity index (χ0) is 11.1. The van der Waals surface area contributed by atoms with Crippen LogP contribution in [0.1, 0.15) is 17.7 Å². The number of aryl methyl sites for hydroxylation is 1. The van der Waals surface area contributed by atoms with Gasteiger partial charge in [0.2, 0.25) is 0 Å². The van der Waals surface area contributed by atoms with Crippen LogP contribution in [0.5, 0.6) is 0 Å². The van der Waals surface area contributed by atoms with E-state index < -0.39 is 0 Å². The summed E-state index contributed by atoms with van der Waals surface area (Å²) in [4.78, 5) is 0. The highest BCUT2D eigenvalue weighted by molar-refractivity contribution is 9.10. The molecule has 3 rings (SSSR count). The number of benzene rings is 1. The Morgan fingerprint density at radius 3 is 2.94 bits per heavy atom. The smallest absolute Gasteiger partial charge is 0.125 e. The second-order valence-electron chi connectivity index (χ2n) is 3.96. The molecule has 0 aliphatic heterocycles. The summed E-state index contributed by atoms with van der Waals surface area (Å²) < 4.78 is 15.9. The van der Waals surface area contributed by atoms with E-state index in [4.69, 9.17) is 0 Å². The Labute approximate surface area is 101 Å². The maximum Gasteiger partial charge on any atom is 0.125 e. The van der Waals surface area contributed by atoms with E-state index in [-0.39, 0.29) is 5.82 Å². The van der Waals surface area contributed by atoms with Crippen molar-refractivity contribution in [3.63, 3.8) is 0 Å². The lowest BCUT2D eigenvalue weighted by molar-refractivity contribution is 0.624. The lowest BCUT2D eigenvalue weighted by Gasteiger charge is -2.04. The number of halogens is 2. The molecule has 82 valence electrons. The molecule has 0 radical (unpaired) electrons. The van der Waals surface area contributed by atoms with Crippen LogP contribution in [0, 0.1) is 5.82 Å². The summed E-state index contributed by atoms with van der Waals surface area (Å²) in [5, 5.41) is 4.50. The van der Waals surface area contributed by atoms with Crippen molar-refractivity contribution in [3.05, 3.63) is 45.9 Å². The maximum absolute atomic E-state index is 13.1. The number of nitrogens with zero attached hydrogens (tertiary/aromatic N) is 2. The van der Waals surface area contributed by atoms with Gasteiger partial charge in [0.1, 0.15) is 10.4 Å². The van der Waals surface area contributed by atoms with Crippen LogP contribution in [0.2, 0.25) is 0 Å². The summed E-state index contributed by atoms with van der Waals surface area (Å²) in [6, 6.07) is 6.49. The fraction of sp³-hybridized carbons (Fsp3) is 0.250. The molecule has 1 aliphatic carbocycles. The van der Waals surface area contributed by atoms with E-state index in [1.165, 1.54) is 24.1 Å². The number of aromatic nitrogens is 2. The highest BCUT2D eigenvalue weighted by atomic mass is 79.9. The fourth-order valence-electron chi connectivity index (χ4n) is 2.13. The fourth-order valence-corrected chi connectivity index (χ4v) is 2.84. The quantitative estimate of drug-likeness (QED) is 0.784. The van der Waals surface area contributed by atoms with Gasteiger partial charge in [-0.25, -0.2) is 9.07 Å². The average Bonchev–Trinajstić information content (AvgIpc) is 2.82. The largest absolute Gasteiger partial charge is 0.226 e. The minimum absolute atomic E-state index is 0.236. The molecule has 1 aliphatic rings. The molecule has 0 spiro atoms. The molecular formula is C12H10BrFN2. The first-order valence-corrected chi connectivity index (χ1v) is 6.07. The van der Waals surface area contributed by atoms with Crippen LogP contribution < -0.4 is 0 Å². The van der Waals surface area contributed by atoms with Gasteiger partial charge in [-0.15, -0.1) is 0 Å². The third-order valence-corrected chi connectivity index (χ3v) is 3.71. The molecule has 16 heavy (non-hydrogen) atoms. The molecule has 1 heterocycles. The van der Waals surface area contributed by atoms with Crippen LogP contribution in [0.15, 0.2) is 28.9 Å². The summed E-state index contributed by atoms with van der Waals surface area (Å²) >= 11 is 3.54. The number of rotatable bonds is 1. The first-order valence-electron chi connectivity index (χ1n) is 5.28. The van der Waals surface area contributed by atoms with Gasteiger partial charge in [0.05, 0.1) is 11.4 Å². The summed E-state index contributed by atoms with van der Waals surface area (Å²) in [5.41, 5.74) is 3.17. The molecule has 1 aromatic heterocycles. The summed E-state index contributed by atoms with van der Waals surface area (Å²) in [5.74, 6) is -0.236. The van der Waals surface area contributed by atoms with Crippen molar-refractivity contribution in [1.82, 2.24) is 9.78 Å². The Morgan fingerprint density at radius 1 is 1.31 bits per heavy atom. The Balaban J connectivity index is 2.14. The van der Waals surface area contributed by atoms with Crippen molar-refractivity contribution >= 4 is 15.9 Å². The number of hydrogen-bond acceptors (Lipinski definition) is 1. The molecule has 0 bridgehead atoms. The summed E-state index contributed by atoms with van der Waals surface area (Å²) in [7, 11) is 0. The van der Waals surface area contributed by atoms with Crippen LogP contribution in [0.3, 0.4) is 0 Å². The molecule has 0 fully saturated rings. The lowest BCUT2D eigenvalue weighted by Crippen LogP contribution is -1.99. The van der Waals surface area contributed by atoms with Gasteiger partial charge in [-0.05, 0) is 53.4 Å². The van der Waals surface area contributed by atoms with Crippen molar-refractivity contribution in [2.45, 2.75) is 19.3 Å². The van der Waals surface area contributed by atoms with Crippen LogP contribution in [0.25, 0.3) is 5.69 Å². The van der Waals surface area contributed by atoms with Crippen LogP contribution >= 0.6 is 15.9 Å². The van der Waals surface area contributed by atoms with Gasteiger partial charge in [-0.3, -0.25) is 0 Å². The first-order chi connectivity index (χ1) is 7.75. The van der Waals surface area contributed by atoms with Crippen LogP contribution in [0.4, 0.5) is 4.39 Å². The molecule has 0 saturated heterocycles. The predicted octanol–water partition coefficient (Wildman–Crippen LogP) is 3.26. The molecule has 1 aromatic carbocycles. The molecule has 2 aromatic rings. The molecule has 4 heteroatoms. The van der Waals surface area contributed by atoms with Crippen LogP contribution in [-0.2, 0) is 12.8 Å². The van der Waals surface area contributed by atoms with E-state index in [1.807, 2.05) is 6.07 Å². The summed E-state index contributed by atoms with van der Waals surface area (Å²) in [6.07, 6.45) is 3.25. The summed E-state index contributed by atoms with van der Waals surface area (Å²) in [6.45, 7) is 0. The zero-order valence-electron chi connectivity index (χ0n) is 8.58. The topological polar surface area (TPSA) is 17.8 Å². The Bertz CT molecular complexity index is 548. The normalized spacial score (nSPS) is 14.1. The molecule has 2 nitrogen and oxygen atoms in total. The van der Waals surface area contributed by atoms with E-state index in [2.05, 4.69) is 21.0 Å². The van der Waals surface area contributed by atoms with Gasteiger partial charge in [-0.1, -0.05) is 6.07 Å². The highest BCUT2D eigenvalue weighted by Gasteiger charge is 2.21. The Kier molecular flexibility index (Phi) is 2.32. The maximum atomic E-state index is 13.1. The standard InChI is InChI=1S/C12H10BrFN2/c13-12-10-5-2-6-11(10)15-16(12)9-4-1-3-8(14)7-9/h1,3-4,7H,2,5-6H2. The first kappa shape index (κ1) is 10.0. The van der Waals surface area contributed by atoms with E-state index in [1.54, 1.807) is 10.7 Å². The van der Waals surface area contributed by atoms with Gasteiger partial charge in [0.25, 0.3) is 0 Å². The van der Waals surface area contributed by atoms with Crippen molar-refractivity contribution < 1.29 is 4.39 Å². The monoisotopic (exact) mass is 280 g/mol. The van der Waals surface area contributed by atoms with E-state index in [9.17, 15) is 4.39 Å². The van der Waals surface area contributed by atoms with Crippen molar-refractivity contribution in [2.24, 2.45) is 0 Å². The minimum atomic E-state index is -0.236. The van der Waals surface area contributed by atoms with Crippen molar-refractivity contribution in [3.8, 4) is 5.69 Å². The third-order valence-electron chi connectivity index (χ3n) is 2.90. The zero-order valence-corrected chi connectivity index (χ0v) is 10.2. The van der Waals surface area contributed by atoms with Gasteiger partial charge in [0.15, 0.2) is 0 Å². The molecule has 0 saturated carbocycles. The SMILES string of the molecule is Fc1cccc(-n2nc3c(c2Br)CCC3)c1. The van der Waals surface area contributed by atoms with Crippen LogP contribution in [-0.4, -0.2) is 9.78 Å². The molecule has 0 unspecified atom stereocenters. The molecular weight excluding hydrogens is 271 g/mol. The third kappa shape index (κ3) is 1.48. The van der Waals surface area contributed by atoms with E-state index >= 15 is 0 Å². The minimum Gasteiger partial charge on any atom is -0.226 e. The second-order valence-corrected chi connectivity index (χ2v) is 4.71. The molecule has 0 atom stereocenters. The number of fused-ring (bicyclic) bond motifs is 1. The van der Waals surface area contributed by atoms with Gasteiger partial charge >= 0.3 is 0 Å².